The molecule has 4 aromatic rings. The van der Waals surface area contributed by atoms with Crippen LogP contribution in [-0.2, 0) is 19.2 Å². The fraction of sp³-hybridized carbons (Fsp3) is 0.474. The number of H-pyrrole nitrogens is 2. The zero-order valence-electron chi connectivity index (χ0n) is 29.6. The van der Waals surface area contributed by atoms with Crippen LogP contribution in [0.25, 0.3) is 22.1 Å². The fourth-order valence-electron chi connectivity index (χ4n) is 7.12. The Bertz CT molecular complexity index is 1860. The van der Waals surface area contributed by atoms with Crippen LogP contribution in [0, 0.1) is 23.7 Å². The summed E-state index contributed by atoms with van der Waals surface area (Å²) in [5.74, 6) is 7.32. The minimum atomic E-state index is -0.577. The molecule has 4 N–H and O–H groups in total. The number of aromatic amines is 2. The standard InChI is InChI=1S/C38H46N8O4/c1-21(2)33(39-23(5)47)37(49)45-17-7-9-31(45)35-41-27-15-13-25(19-29(27)43-35)11-12-26-14-16-28-30(20-26)44-36(42-28)32-10-8-18-46(32)38(50)34(22(3)4)40-24(6)48/h13-16,19-22,31-34H,7-10,17-18H2,1-6H3,(H,39,47)(H,40,48)(H,41,43)(H,42,44)/t31-,32-,33-,34+/m0/s1. The van der Waals surface area contributed by atoms with Gasteiger partial charge >= 0.3 is 0 Å². The van der Waals surface area contributed by atoms with Crippen molar-refractivity contribution < 1.29 is 19.2 Å². The van der Waals surface area contributed by atoms with Crippen molar-refractivity contribution in [1.29, 1.82) is 0 Å². The zero-order chi connectivity index (χ0) is 35.7. The fourth-order valence-corrected chi connectivity index (χ4v) is 7.12. The van der Waals surface area contributed by atoms with Gasteiger partial charge < -0.3 is 30.4 Å². The molecular formula is C38H46N8O4. The quantitative estimate of drug-likeness (QED) is 0.201. The van der Waals surface area contributed by atoms with Gasteiger partial charge in [-0.2, -0.15) is 0 Å². The first-order valence-corrected chi connectivity index (χ1v) is 17.6. The molecule has 12 nitrogen and oxygen atoms in total. The molecule has 12 heteroatoms. The summed E-state index contributed by atoms with van der Waals surface area (Å²) in [7, 11) is 0. The van der Waals surface area contributed by atoms with Gasteiger partial charge in [-0.25, -0.2) is 9.97 Å². The van der Waals surface area contributed by atoms with Gasteiger partial charge in [0.1, 0.15) is 23.7 Å². The predicted octanol–water partition coefficient (Wildman–Crippen LogP) is 4.49. The molecular weight excluding hydrogens is 632 g/mol. The Morgan fingerprint density at radius 2 is 1.10 bits per heavy atom. The molecule has 4 heterocycles. The van der Waals surface area contributed by atoms with E-state index in [0.29, 0.717) is 13.1 Å². The number of benzene rings is 2. The lowest BCUT2D eigenvalue weighted by Crippen LogP contribution is -2.50. The normalized spacial score (nSPS) is 18.8. The van der Waals surface area contributed by atoms with E-state index in [1.54, 1.807) is 0 Å². The maximum Gasteiger partial charge on any atom is 0.246 e. The highest BCUT2D eigenvalue weighted by molar-refractivity contribution is 5.88. The number of hydrogen-bond acceptors (Lipinski definition) is 6. The lowest BCUT2D eigenvalue weighted by Gasteiger charge is -2.30. The van der Waals surface area contributed by atoms with Crippen LogP contribution in [-0.4, -0.2) is 78.5 Å². The van der Waals surface area contributed by atoms with Gasteiger partial charge in [0.25, 0.3) is 0 Å². The second-order valence-electron chi connectivity index (χ2n) is 14.2. The number of likely N-dealkylation sites (tertiary alicyclic amines) is 2. The number of nitrogens with one attached hydrogen (secondary N) is 4. The number of hydrogen-bond donors (Lipinski definition) is 4. The SMILES string of the molecule is CC(=O)N[C@H](C(=O)N1CCC[C@H]1c1nc2cc(C#Cc3ccc4[nH]c([C@@H]5CCCN5C(=O)[C@H](NC(C)=O)C(C)C)nc4c3)ccc2[nH]1)C(C)C. The molecule has 2 aliphatic heterocycles. The Labute approximate surface area is 292 Å². The van der Waals surface area contributed by atoms with Crippen molar-refractivity contribution >= 4 is 45.7 Å². The molecule has 0 unspecified atom stereocenters. The molecule has 0 spiro atoms. The summed E-state index contributed by atoms with van der Waals surface area (Å²) in [6.45, 7) is 11.9. The molecule has 2 aromatic carbocycles. The lowest BCUT2D eigenvalue weighted by molar-refractivity contribution is -0.138. The first kappa shape index (κ1) is 34.7. The lowest BCUT2D eigenvalue weighted by atomic mass is 10.0. The molecule has 0 saturated carbocycles. The third kappa shape index (κ3) is 7.22. The minimum Gasteiger partial charge on any atom is -0.344 e. The number of carbonyl (C=O) groups excluding carboxylic acids is 4. The molecule has 2 fully saturated rings. The second kappa shape index (κ2) is 14.4. The van der Waals surface area contributed by atoms with Crippen molar-refractivity contribution in [1.82, 2.24) is 40.4 Å². The zero-order valence-corrected chi connectivity index (χ0v) is 29.6. The molecule has 2 aromatic heterocycles. The summed E-state index contributed by atoms with van der Waals surface area (Å²) >= 11 is 0. The van der Waals surface area contributed by atoms with Crippen LogP contribution in [0.4, 0.5) is 0 Å². The van der Waals surface area contributed by atoms with Crippen LogP contribution in [0.1, 0.15) is 102 Å². The van der Waals surface area contributed by atoms with Gasteiger partial charge in [0.15, 0.2) is 0 Å². The van der Waals surface area contributed by atoms with Crippen LogP contribution in [0.2, 0.25) is 0 Å². The first-order valence-electron chi connectivity index (χ1n) is 17.6. The Morgan fingerprint density at radius 3 is 1.46 bits per heavy atom. The van der Waals surface area contributed by atoms with Gasteiger partial charge in [0, 0.05) is 38.1 Å². The van der Waals surface area contributed by atoms with E-state index in [0.717, 1.165) is 70.5 Å². The summed E-state index contributed by atoms with van der Waals surface area (Å²) in [6.07, 6.45) is 3.33. The molecule has 0 radical (unpaired) electrons. The Hall–Kier alpha value is -5.18. The minimum absolute atomic E-state index is 0.0339. The van der Waals surface area contributed by atoms with Crippen LogP contribution in [0.15, 0.2) is 36.4 Å². The van der Waals surface area contributed by atoms with Gasteiger partial charge in [-0.1, -0.05) is 39.5 Å². The van der Waals surface area contributed by atoms with Crippen LogP contribution >= 0.6 is 0 Å². The molecule has 50 heavy (non-hydrogen) atoms. The summed E-state index contributed by atoms with van der Waals surface area (Å²) in [6, 6.07) is 10.2. The van der Waals surface area contributed by atoms with Gasteiger partial charge in [0.05, 0.1) is 34.2 Å². The molecule has 2 aliphatic rings. The van der Waals surface area contributed by atoms with E-state index in [-0.39, 0.29) is 47.5 Å². The second-order valence-corrected chi connectivity index (χ2v) is 14.2. The summed E-state index contributed by atoms with van der Waals surface area (Å²) in [5.41, 5.74) is 4.90. The summed E-state index contributed by atoms with van der Waals surface area (Å²) in [5, 5.41) is 5.65. The number of rotatable bonds is 8. The van der Waals surface area contributed by atoms with Crippen LogP contribution in [0.3, 0.4) is 0 Å². The number of aromatic nitrogens is 4. The monoisotopic (exact) mass is 678 g/mol. The van der Waals surface area contributed by atoms with Crippen molar-refractivity contribution in [3.63, 3.8) is 0 Å². The van der Waals surface area contributed by atoms with Crippen molar-refractivity contribution in [3.8, 4) is 11.8 Å². The first-order chi connectivity index (χ1) is 23.9. The largest absolute Gasteiger partial charge is 0.344 e. The van der Waals surface area contributed by atoms with E-state index < -0.39 is 12.1 Å². The highest BCUT2D eigenvalue weighted by Gasteiger charge is 2.38. The maximum atomic E-state index is 13.5. The van der Waals surface area contributed by atoms with Gasteiger partial charge in [-0.3, -0.25) is 19.2 Å². The molecule has 4 amide bonds. The predicted molar refractivity (Wildman–Crippen MR) is 190 cm³/mol. The molecule has 0 aliphatic carbocycles. The van der Waals surface area contributed by atoms with Gasteiger partial charge in [-0.05, 0) is 73.9 Å². The average molecular weight is 679 g/mol. The van der Waals surface area contributed by atoms with Crippen molar-refractivity contribution in [2.24, 2.45) is 11.8 Å². The average Bonchev–Trinajstić information content (AvgIpc) is 3.88. The van der Waals surface area contributed by atoms with Crippen molar-refractivity contribution in [2.75, 3.05) is 13.1 Å². The number of imidazole rings is 2. The smallest absolute Gasteiger partial charge is 0.246 e. The third-order valence-corrected chi connectivity index (χ3v) is 9.64. The van der Waals surface area contributed by atoms with Crippen LogP contribution in [0.5, 0.6) is 0 Å². The van der Waals surface area contributed by atoms with E-state index in [9.17, 15) is 19.2 Å². The number of carbonyl (C=O) groups is 4. The highest BCUT2D eigenvalue weighted by Crippen LogP contribution is 2.34. The Balaban J connectivity index is 1.18. The number of fused-ring (bicyclic) bond motifs is 2. The van der Waals surface area contributed by atoms with Gasteiger partial charge in [0.2, 0.25) is 23.6 Å². The van der Waals surface area contributed by atoms with Crippen molar-refractivity contribution in [3.05, 3.63) is 59.2 Å². The van der Waals surface area contributed by atoms with E-state index in [1.165, 1.54) is 13.8 Å². The molecule has 262 valence electrons. The van der Waals surface area contributed by atoms with Gasteiger partial charge in [-0.15, -0.1) is 0 Å². The molecule has 2 saturated heterocycles. The molecule has 4 atom stereocenters. The third-order valence-electron chi connectivity index (χ3n) is 9.64. The van der Waals surface area contributed by atoms with E-state index >= 15 is 0 Å². The maximum absolute atomic E-state index is 13.5. The van der Waals surface area contributed by atoms with E-state index in [2.05, 4.69) is 32.4 Å². The topological polar surface area (TPSA) is 156 Å². The van der Waals surface area contributed by atoms with Crippen molar-refractivity contribution in [2.45, 2.75) is 91.4 Å². The Kier molecular flexibility index (Phi) is 9.95. The van der Waals surface area contributed by atoms with E-state index in [1.807, 2.05) is 73.9 Å². The Morgan fingerprint density at radius 1 is 0.700 bits per heavy atom. The summed E-state index contributed by atoms with van der Waals surface area (Å²) < 4.78 is 0. The number of amides is 4. The summed E-state index contributed by atoms with van der Waals surface area (Å²) in [4.78, 5) is 70.8. The highest BCUT2D eigenvalue weighted by atomic mass is 16.2. The van der Waals surface area contributed by atoms with Crippen LogP contribution < -0.4 is 10.6 Å². The number of nitrogens with zero attached hydrogens (tertiary/aromatic N) is 4. The van der Waals surface area contributed by atoms with E-state index in [4.69, 9.17) is 9.97 Å². The molecule has 6 rings (SSSR count). The molecule has 0 bridgehead atoms.